The van der Waals surface area contributed by atoms with Gasteiger partial charge in [0.2, 0.25) is 17.7 Å². The van der Waals surface area contributed by atoms with Crippen molar-refractivity contribution < 1.29 is 14.0 Å². The minimum absolute atomic E-state index is 0.0394. The van der Waals surface area contributed by atoms with E-state index in [1.54, 1.807) is 7.05 Å². The Morgan fingerprint density at radius 2 is 2.04 bits per heavy atom. The van der Waals surface area contributed by atoms with Gasteiger partial charge in [-0.1, -0.05) is 36.9 Å². The molecule has 0 atom stereocenters. The molecule has 2 amide bonds. The molecule has 0 saturated carbocycles. The second-order valence-electron chi connectivity index (χ2n) is 5.58. The summed E-state index contributed by atoms with van der Waals surface area (Å²) >= 11 is 1.16. The molecule has 134 valence electrons. The number of carbonyl (C=O) groups is 2. The lowest BCUT2D eigenvalue weighted by Crippen LogP contribution is -2.39. The quantitative estimate of drug-likeness (QED) is 0.724. The molecule has 0 saturated heterocycles. The summed E-state index contributed by atoms with van der Waals surface area (Å²) in [5.74, 6) is 0.224. The van der Waals surface area contributed by atoms with E-state index in [4.69, 9.17) is 4.42 Å². The van der Waals surface area contributed by atoms with E-state index in [1.165, 1.54) is 4.90 Å². The predicted octanol–water partition coefficient (Wildman–Crippen LogP) is 2.12. The summed E-state index contributed by atoms with van der Waals surface area (Å²) in [6.45, 7) is 4.59. The first-order valence-electron chi connectivity index (χ1n) is 8.04. The molecule has 0 aliphatic rings. The van der Waals surface area contributed by atoms with Crippen LogP contribution in [0.4, 0.5) is 0 Å². The molecule has 1 heterocycles. The Balaban J connectivity index is 1.86. The molecule has 0 aliphatic carbocycles. The molecule has 0 spiro atoms. The third-order valence-corrected chi connectivity index (χ3v) is 4.28. The van der Waals surface area contributed by atoms with Gasteiger partial charge in [-0.15, -0.1) is 10.2 Å². The Morgan fingerprint density at radius 1 is 1.28 bits per heavy atom. The van der Waals surface area contributed by atoms with Gasteiger partial charge in [-0.25, -0.2) is 0 Å². The first kappa shape index (κ1) is 19.0. The lowest BCUT2D eigenvalue weighted by Gasteiger charge is -2.15. The monoisotopic (exact) mass is 362 g/mol. The van der Waals surface area contributed by atoms with Crippen LogP contribution in [0, 0.1) is 6.92 Å². The van der Waals surface area contributed by atoms with Crippen molar-refractivity contribution >= 4 is 23.6 Å². The summed E-state index contributed by atoms with van der Waals surface area (Å²) in [5, 5.41) is 11.1. The van der Waals surface area contributed by atoms with Gasteiger partial charge < -0.3 is 14.6 Å². The third kappa shape index (κ3) is 5.60. The van der Waals surface area contributed by atoms with E-state index in [0.717, 1.165) is 29.3 Å². The van der Waals surface area contributed by atoms with Gasteiger partial charge in [0.1, 0.15) is 0 Å². The average molecular weight is 362 g/mol. The minimum atomic E-state index is -0.174. The van der Waals surface area contributed by atoms with Gasteiger partial charge >= 0.3 is 0 Å². The molecule has 1 N–H and O–H groups in total. The van der Waals surface area contributed by atoms with Crippen molar-refractivity contribution in [2.24, 2.45) is 0 Å². The van der Waals surface area contributed by atoms with Crippen molar-refractivity contribution in [3.63, 3.8) is 0 Å². The molecule has 1 aromatic carbocycles. The number of thioether (sulfide) groups is 1. The Labute approximate surface area is 151 Å². The molecular formula is C17H22N4O3S. The van der Waals surface area contributed by atoms with Gasteiger partial charge in [-0.2, -0.15) is 0 Å². The average Bonchev–Trinajstić information content (AvgIpc) is 3.06. The summed E-state index contributed by atoms with van der Waals surface area (Å²) in [6.07, 6.45) is 0.861. The van der Waals surface area contributed by atoms with Crippen LogP contribution in [0.25, 0.3) is 11.5 Å². The highest BCUT2D eigenvalue weighted by molar-refractivity contribution is 7.99. The molecule has 2 rings (SSSR count). The number of amides is 2. The smallest absolute Gasteiger partial charge is 0.277 e. The van der Waals surface area contributed by atoms with Crippen LogP contribution in [0.3, 0.4) is 0 Å². The van der Waals surface area contributed by atoms with Crippen molar-refractivity contribution in [1.29, 1.82) is 0 Å². The molecule has 0 aliphatic heterocycles. The fraction of sp³-hybridized carbons (Fsp3) is 0.412. The van der Waals surface area contributed by atoms with E-state index in [2.05, 4.69) is 15.5 Å². The maximum Gasteiger partial charge on any atom is 0.277 e. The molecule has 7 nitrogen and oxygen atoms in total. The maximum atomic E-state index is 12.1. The zero-order valence-electron chi connectivity index (χ0n) is 14.6. The second-order valence-corrected chi connectivity index (χ2v) is 6.50. The van der Waals surface area contributed by atoms with Crippen molar-refractivity contribution in [2.45, 2.75) is 25.5 Å². The topological polar surface area (TPSA) is 88.3 Å². The van der Waals surface area contributed by atoms with Crippen molar-refractivity contribution in [2.75, 3.05) is 25.9 Å². The standard InChI is InChI=1S/C17H22N4O3S/c1-4-9-18-14(22)10-21(3)15(23)11-25-17-20-19-16(24-17)13-8-6-5-7-12(13)2/h5-8H,4,9-11H2,1-3H3,(H,18,22). The number of aromatic nitrogens is 2. The summed E-state index contributed by atoms with van der Waals surface area (Å²) < 4.78 is 5.61. The number of rotatable bonds is 8. The van der Waals surface area contributed by atoms with Crippen LogP contribution in [0.1, 0.15) is 18.9 Å². The predicted molar refractivity (Wildman–Crippen MR) is 96.1 cm³/mol. The highest BCUT2D eigenvalue weighted by Gasteiger charge is 2.16. The van der Waals surface area contributed by atoms with Gasteiger partial charge in [0.25, 0.3) is 5.22 Å². The zero-order valence-corrected chi connectivity index (χ0v) is 15.4. The molecule has 0 unspecified atom stereocenters. The van der Waals surface area contributed by atoms with Crippen LogP contribution in [0.5, 0.6) is 0 Å². The maximum absolute atomic E-state index is 12.1. The van der Waals surface area contributed by atoms with Gasteiger partial charge in [0, 0.05) is 19.2 Å². The summed E-state index contributed by atoms with van der Waals surface area (Å²) in [7, 11) is 1.60. The Kier molecular flexibility index (Phi) is 7.00. The Hall–Kier alpha value is -2.35. The van der Waals surface area contributed by atoms with Gasteiger partial charge in [0.05, 0.1) is 12.3 Å². The molecule has 8 heteroatoms. The van der Waals surface area contributed by atoms with Crippen molar-refractivity contribution in [3.05, 3.63) is 29.8 Å². The number of likely N-dealkylation sites (N-methyl/N-ethyl adjacent to an activating group) is 1. The number of carbonyl (C=O) groups excluding carboxylic acids is 2. The van der Waals surface area contributed by atoms with E-state index in [-0.39, 0.29) is 24.1 Å². The van der Waals surface area contributed by atoms with Gasteiger partial charge in [0.15, 0.2) is 0 Å². The molecule has 1 aromatic heterocycles. The lowest BCUT2D eigenvalue weighted by atomic mass is 10.1. The number of hydrogen-bond donors (Lipinski definition) is 1. The van der Waals surface area contributed by atoms with E-state index in [0.29, 0.717) is 17.7 Å². The van der Waals surface area contributed by atoms with Crippen LogP contribution in [-0.4, -0.2) is 52.8 Å². The Morgan fingerprint density at radius 3 is 2.76 bits per heavy atom. The lowest BCUT2D eigenvalue weighted by molar-refractivity contribution is -0.132. The summed E-state index contributed by atoms with van der Waals surface area (Å²) in [4.78, 5) is 25.1. The molecule has 0 fully saturated rings. The van der Waals surface area contributed by atoms with Crippen molar-refractivity contribution in [1.82, 2.24) is 20.4 Å². The second kappa shape index (κ2) is 9.22. The SMILES string of the molecule is CCCNC(=O)CN(C)C(=O)CSc1nnc(-c2ccccc2C)o1. The minimum Gasteiger partial charge on any atom is -0.411 e. The Bertz CT molecular complexity index is 732. The van der Waals surface area contributed by atoms with Crippen LogP contribution in [-0.2, 0) is 9.59 Å². The first-order chi connectivity index (χ1) is 12.0. The number of nitrogens with zero attached hydrogens (tertiary/aromatic N) is 3. The number of aryl methyl sites for hydroxylation is 1. The zero-order chi connectivity index (χ0) is 18.2. The number of hydrogen-bond acceptors (Lipinski definition) is 6. The highest BCUT2D eigenvalue weighted by Crippen LogP contribution is 2.25. The number of benzene rings is 1. The molecule has 0 radical (unpaired) electrons. The normalized spacial score (nSPS) is 10.5. The van der Waals surface area contributed by atoms with Crippen LogP contribution in [0.15, 0.2) is 33.9 Å². The first-order valence-corrected chi connectivity index (χ1v) is 9.02. The van der Waals surface area contributed by atoms with E-state index >= 15 is 0 Å². The fourth-order valence-electron chi connectivity index (χ4n) is 2.05. The summed E-state index contributed by atoms with van der Waals surface area (Å²) in [5.41, 5.74) is 1.91. The van der Waals surface area contributed by atoms with Crippen LogP contribution in [0.2, 0.25) is 0 Å². The molecule has 0 bridgehead atoms. The highest BCUT2D eigenvalue weighted by atomic mass is 32.2. The summed E-state index contributed by atoms with van der Waals surface area (Å²) in [6, 6.07) is 7.72. The van der Waals surface area contributed by atoms with Gasteiger partial charge in [-0.05, 0) is 25.0 Å². The van der Waals surface area contributed by atoms with Gasteiger partial charge in [-0.3, -0.25) is 9.59 Å². The van der Waals surface area contributed by atoms with Crippen LogP contribution >= 0.6 is 11.8 Å². The van der Waals surface area contributed by atoms with E-state index in [9.17, 15) is 9.59 Å². The van der Waals surface area contributed by atoms with E-state index < -0.39 is 0 Å². The van der Waals surface area contributed by atoms with Crippen molar-refractivity contribution in [3.8, 4) is 11.5 Å². The molecule has 25 heavy (non-hydrogen) atoms. The largest absolute Gasteiger partial charge is 0.411 e. The molecule has 2 aromatic rings. The number of nitrogens with one attached hydrogen (secondary N) is 1. The van der Waals surface area contributed by atoms with Crippen LogP contribution < -0.4 is 5.32 Å². The van der Waals surface area contributed by atoms with E-state index in [1.807, 2.05) is 38.1 Å². The fourth-order valence-corrected chi connectivity index (χ4v) is 2.75. The molecular weight excluding hydrogens is 340 g/mol. The third-order valence-electron chi connectivity index (χ3n) is 3.48.